The van der Waals surface area contributed by atoms with Crippen LogP contribution in [0.5, 0.6) is 5.75 Å². The molecule has 0 saturated heterocycles. The van der Waals surface area contributed by atoms with Crippen LogP contribution in [-0.4, -0.2) is 17.7 Å². The minimum atomic E-state index is -0.893. The fourth-order valence-corrected chi connectivity index (χ4v) is 1.63. The van der Waals surface area contributed by atoms with E-state index >= 15 is 0 Å². The molecular weight excluding hydrogens is 187 g/mol. The van der Waals surface area contributed by atoms with Crippen LogP contribution in [0.3, 0.4) is 0 Å². The number of halogens is 1. The van der Waals surface area contributed by atoms with Gasteiger partial charge in [-0.1, -0.05) is 0 Å². The van der Waals surface area contributed by atoms with E-state index in [9.17, 15) is 9.18 Å². The minimum absolute atomic E-state index is 0.0174. The fraction of sp³-hybridized carbons (Fsp3) is 0.300. The predicted octanol–water partition coefficient (Wildman–Crippen LogP) is 1.78. The third kappa shape index (κ3) is 1.55. The highest BCUT2D eigenvalue weighted by Crippen LogP contribution is 2.35. The van der Waals surface area contributed by atoms with Crippen LogP contribution in [0.1, 0.15) is 17.9 Å². The Morgan fingerprint density at radius 1 is 1.64 bits per heavy atom. The molecule has 1 aliphatic heterocycles. The second-order valence-corrected chi connectivity index (χ2v) is 3.29. The SMILES string of the molecule is O=C(O)C[C@H]1COc2ccc(F)cc21. The molecule has 1 aromatic carbocycles. The summed E-state index contributed by atoms with van der Waals surface area (Å²) in [4.78, 5) is 10.5. The molecule has 0 radical (unpaired) electrons. The Labute approximate surface area is 80.1 Å². The van der Waals surface area contributed by atoms with E-state index < -0.39 is 5.97 Å². The number of carboxylic acid groups (broad SMARTS) is 1. The van der Waals surface area contributed by atoms with Crippen molar-refractivity contribution in [1.29, 1.82) is 0 Å². The average Bonchev–Trinajstić information content (AvgIpc) is 2.47. The van der Waals surface area contributed by atoms with Gasteiger partial charge in [-0.2, -0.15) is 0 Å². The van der Waals surface area contributed by atoms with Gasteiger partial charge in [-0.3, -0.25) is 4.79 Å². The molecule has 0 aromatic heterocycles. The van der Waals surface area contributed by atoms with Crippen LogP contribution < -0.4 is 4.74 Å². The first-order chi connectivity index (χ1) is 6.66. The van der Waals surface area contributed by atoms with Gasteiger partial charge in [0.1, 0.15) is 11.6 Å². The van der Waals surface area contributed by atoms with Crippen LogP contribution in [0.15, 0.2) is 18.2 Å². The molecular formula is C10H9FO3. The molecule has 74 valence electrons. The molecule has 0 aliphatic carbocycles. The van der Waals surface area contributed by atoms with E-state index in [0.717, 1.165) is 0 Å². The summed E-state index contributed by atoms with van der Waals surface area (Å²) in [6, 6.07) is 4.18. The molecule has 1 aromatic rings. The summed E-state index contributed by atoms with van der Waals surface area (Å²) >= 11 is 0. The number of fused-ring (bicyclic) bond motifs is 1. The van der Waals surface area contributed by atoms with Crippen molar-refractivity contribution in [3.63, 3.8) is 0 Å². The highest BCUT2D eigenvalue weighted by atomic mass is 19.1. The molecule has 1 atom stereocenters. The summed E-state index contributed by atoms with van der Waals surface area (Å²) in [7, 11) is 0. The van der Waals surface area contributed by atoms with Crippen LogP contribution >= 0.6 is 0 Å². The second-order valence-electron chi connectivity index (χ2n) is 3.29. The van der Waals surface area contributed by atoms with E-state index in [1.165, 1.54) is 18.2 Å². The summed E-state index contributed by atoms with van der Waals surface area (Å²) in [6.45, 7) is 0.324. The molecule has 0 amide bonds. The van der Waals surface area contributed by atoms with Crippen LogP contribution in [-0.2, 0) is 4.79 Å². The third-order valence-corrected chi connectivity index (χ3v) is 2.27. The van der Waals surface area contributed by atoms with Gasteiger partial charge in [-0.15, -0.1) is 0 Å². The van der Waals surface area contributed by atoms with Crippen molar-refractivity contribution in [1.82, 2.24) is 0 Å². The molecule has 3 nitrogen and oxygen atoms in total. The van der Waals surface area contributed by atoms with Gasteiger partial charge in [0.2, 0.25) is 0 Å². The molecule has 2 rings (SSSR count). The zero-order valence-electron chi connectivity index (χ0n) is 7.37. The maximum Gasteiger partial charge on any atom is 0.304 e. The molecule has 0 spiro atoms. The Hall–Kier alpha value is -1.58. The molecule has 0 unspecified atom stereocenters. The van der Waals surface area contributed by atoms with Crippen LogP contribution in [0.25, 0.3) is 0 Å². The van der Waals surface area contributed by atoms with Gasteiger partial charge in [0.05, 0.1) is 13.0 Å². The Kier molecular flexibility index (Phi) is 2.11. The van der Waals surface area contributed by atoms with Gasteiger partial charge in [0.15, 0.2) is 0 Å². The standard InChI is InChI=1S/C10H9FO3/c11-7-1-2-9-8(4-7)6(5-14-9)3-10(12)13/h1-2,4,6H,3,5H2,(H,12,13)/t6-/m0/s1. The number of aliphatic carboxylic acids is 1. The van der Waals surface area contributed by atoms with Crippen LogP contribution in [0.2, 0.25) is 0 Å². The highest BCUT2D eigenvalue weighted by Gasteiger charge is 2.26. The average molecular weight is 196 g/mol. The molecule has 1 N–H and O–H groups in total. The van der Waals surface area contributed by atoms with E-state index in [0.29, 0.717) is 17.9 Å². The number of hydrogen-bond donors (Lipinski definition) is 1. The lowest BCUT2D eigenvalue weighted by molar-refractivity contribution is -0.137. The van der Waals surface area contributed by atoms with Gasteiger partial charge in [-0.25, -0.2) is 4.39 Å². The summed E-state index contributed by atoms with van der Waals surface area (Å²) in [6.07, 6.45) is -0.0174. The maximum absolute atomic E-state index is 12.9. The van der Waals surface area contributed by atoms with Crippen molar-refractivity contribution in [2.75, 3.05) is 6.61 Å². The molecule has 0 saturated carbocycles. The first kappa shape index (κ1) is 8.99. The molecule has 0 bridgehead atoms. The quantitative estimate of drug-likeness (QED) is 0.784. The molecule has 4 heteroatoms. The maximum atomic E-state index is 12.9. The lowest BCUT2D eigenvalue weighted by Gasteiger charge is -2.03. The largest absolute Gasteiger partial charge is 0.493 e. The van der Waals surface area contributed by atoms with Gasteiger partial charge >= 0.3 is 5.97 Å². The predicted molar refractivity (Wildman–Crippen MR) is 46.9 cm³/mol. The van der Waals surface area contributed by atoms with Gasteiger partial charge in [0, 0.05) is 11.5 Å². The second kappa shape index (κ2) is 3.29. The Morgan fingerprint density at radius 3 is 3.14 bits per heavy atom. The monoisotopic (exact) mass is 196 g/mol. The lowest BCUT2D eigenvalue weighted by atomic mass is 9.98. The summed E-state index contributed by atoms with van der Waals surface area (Å²) in [5.41, 5.74) is 0.660. The van der Waals surface area contributed by atoms with Crippen molar-refractivity contribution >= 4 is 5.97 Å². The van der Waals surface area contributed by atoms with Gasteiger partial charge in [0.25, 0.3) is 0 Å². The van der Waals surface area contributed by atoms with E-state index in [1.807, 2.05) is 0 Å². The molecule has 1 heterocycles. The van der Waals surface area contributed by atoms with E-state index in [-0.39, 0.29) is 18.2 Å². The number of benzene rings is 1. The minimum Gasteiger partial charge on any atom is -0.493 e. The van der Waals surface area contributed by atoms with Crippen molar-refractivity contribution in [2.24, 2.45) is 0 Å². The number of rotatable bonds is 2. The first-order valence-electron chi connectivity index (χ1n) is 4.31. The van der Waals surface area contributed by atoms with Crippen molar-refractivity contribution in [3.05, 3.63) is 29.6 Å². The lowest BCUT2D eigenvalue weighted by Crippen LogP contribution is -2.07. The zero-order valence-corrected chi connectivity index (χ0v) is 7.37. The number of ether oxygens (including phenoxy) is 1. The number of carbonyl (C=O) groups is 1. The summed E-state index contributed by atoms with van der Waals surface area (Å²) < 4.78 is 18.1. The van der Waals surface area contributed by atoms with Crippen molar-refractivity contribution in [3.8, 4) is 5.75 Å². The summed E-state index contributed by atoms with van der Waals surface area (Å²) in [5, 5.41) is 8.62. The third-order valence-electron chi connectivity index (χ3n) is 2.27. The highest BCUT2D eigenvalue weighted by molar-refractivity contribution is 5.68. The Balaban J connectivity index is 2.28. The number of hydrogen-bond acceptors (Lipinski definition) is 2. The summed E-state index contributed by atoms with van der Waals surface area (Å²) in [5.74, 6) is -0.879. The van der Waals surface area contributed by atoms with E-state index in [4.69, 9.17) is 9.84 Å². The van der Waals surface area contributed by atoms with Crippen molar-refractivity contribution in [2.45, 2.75) is 12.3 Å². The smallest absolute Gasteiger partial charge is 0.304 e. The molecule has 0 fully saturated rings. The van der Waals surface area contributed by atoms with Gasteiger partial charge < -0.3 is 9.84 Å². The zero-order chi connectivity index (χ0) is 10.1. The van der Waals surface area contributed by atoms with Gasteiger partial charge in [-0.05, 0) is 18.2 Å². The molecule has 1 aliphatic rings. The fourth-order valence-electron chi connectivity index (χ4n) is 1.63. The normalized spacial score (nSPS) is 18.8. The Morgan fingerprint density at radius 2 is 2.43 bits per heavy atom. The first-order valence-corrected chi connectivity index (χ1v) is 4.31. The van der Waals surface area contributed by atoms with E-state index in [1.54, 1.807) is 0 Å². The number of carboxylic acids is 1. The Bertz CT molecular complexity index is 376. The topological polar surface area (TPSA) is 46.5 Å². The van der Waals surface area contributed by atoms with Crippen LogP contribution in [0.4, 0.5) is 4.39 Å². The van der Waals surface area contributed by atoms with E-state index in [2.05, 4.69) is 0 Å². The molecule has 14 heavy (non-hydrogen) atoms. The van der Waals surface area contributed by atoms with Crippen molar-refractivity contribution < 1.29 is 19.0 Å². The van der Waals surface area contributed by atoms with Crippen LogP contribution in [0, 0.1) is 5.82 Å².